The number of imidazole rings is 1. The molecule has 0 radical (unpaired) electrons. The molecule has 19 heavy (non-hydrogen) atoms. The number of hydrogen-bond acceptors (Lipinski definition) is 3. The van der Waals surface area contributed by atoms with E-state index in [0.29, 0.717) is 0 Å². The Labute approximate surface area is 119 Å². The number of nitrogen functional groups attached to an aromatic ring is 1. The molecule has 0 aliphatic carbocycles. The van der Waals surface area contributed by atoms with Crippen molar-refractivity contribution in [3.05, 3.63) is 41.1 Å². The minimum atomic E-state index is 0.723. The van der Waals surface area contributed by atoms with Crippen molar-refractivity contribution in [2.45, 2.75) is 13.5 Å². The van der Waals surface area contributed by atoms with Gasteiger partial charge < -0.3 is 10.3 Å². The average Bonchev–Trinajstić information content (AvgIpc) is 2.79. The molecule has 0 atom stereocenters. The van der Waals surface area contributed by atoms with E-state index in [1.807, 2.05) is 24.3 Å². The molecule has 2 aromatic heterocycles. The van der Waals surface area contributed by atoms with Crippen molar-refractivity contribution < 1.29 is 0 Å². The Balaban J connectivity index is 2.33. The van der Waals surface area contributed by atoms with Gasteiger partial charge in [0.05, 0.1) is 11.7 Å². The van der Waals surface area contributed by atoms with Crippen molar-refractivity contribution in [2.75, 3.05) is 5.73 Å². The second-order valence-corrected chi connectivity index (χ2v) is 5.19. The first-order valence-corrected chi connectivity index (χ1v) is 6.85. The SMILES string of the molecule is CCn1c(-c2cc(Br)ccc2N)nc2cnccc21. The molecule has 0 bridgehead atoms. The van der Waals surface area contributed by atoms with Gasteiger partial charge in [-0.05, 0) is 31.2 Å². The molecule has 0 fully saturated rings. The standard InChI is InChI=1S/C14H13BrN4/c1-2-19-13-5-6-17-8-12(13)18-14(19)10-7-9(15)3-4-11(10)16/h3-8H,2,16H2,1H3. The van der Waals surface area contributed by atoms with E-state index in [2.05, 4.69) is 37.4 Å². The summed E-state index contributed by atoms with van der Waals surface area (Å²) >= 11 is 3.48. The molecule has 0 aliphatic rings. The van der Waals surface area contributed by atoms with Crippen molar-refractivity contribution >= 4 is 32.7 Å². The first-order valence-electron chi connectivity index (χ1n) is 6.06. The van der Waals surface area contributed by atoms with Gasteiger partial charge in [-0.1, -0.05) is 15.9 Å². The first-order chi connectivity index (χ1) is 9.20. The van der Waals surface area contributed by atoms with Crippen LogP contribution in [0.25, 0.3) is 22.4 Å². The molecule has 0 aliphatic heterocycles. The molecule has 2 N–H and O–H groups in total. The topological polar surface area (TPSA) is 56.7 Å². The van der Waals surface area contributed by atoms with Crippen molar-refractivity contribution in [2.24, 2.45) is 0 Å². The van der Waals surface area contributed by atoms with Crippen LogP contribution in [0.4, 0.5) is 5.69 Å². The molecule has 0 amide bonds. The van der Waals surface area contributed by atoms with Gasteiger partial charge in [-0.2, -0.15) is 0 Å². The van der Waals surface area contributed by atoms with Gasteiger partial charge in [0.2, 0.25) is 0 Å². The Morgan fingerprint density at radius 1 is 1.32 bits per heavy atom. The van der Waals surface area contributed by atoms with Gasteiger partial charge >= 0.3 is 0 Å². The predicted octanol–water partition coefficient (Wildman–Crippen LogP) is 3.46. The van der Waals surface area contributed by atoms with Crippen LogP contribution in [0.5, 0.6) is 0 Å². The zero-order valence-corrected chi connectivity index (χ0v) is 12.1. The number of halogens is 1. The summed E-state index contributed by atoms with van der Waals surface area (Å²) in [4.78, 5) is 8.77. The van der Waals surface area contributed by atoms with Crippen LogP contribution in [0.15, 0.2) is 41.1 Å². The number of fused-ring (bicyclic) bond motifs is 1. The molecule has 96 valence electrons. The Morgan fingerprint density at radius 2 is 2.16 bits per heavy atom. The van der Waals surface area contributed by atoms with Crippen LogP contribution in [0, 0.1) is 0 Å². The normalized spacial score (nSPS) is 11.1. The van der Waals surface area contributed by atoms with E-state index in [9.17, 15) is 0 Å². The van der Waals surface area contributed by atoms with Crippen LogP contribution in [0.2, 0.25) is 0 Å². The highest BCUT2D eigenvalue weighted by molar-refractivity contribution is 9.10. The van der Waals surface area contributed by atoms with E-state index in [0.717, 1.165) is 39.1 Å². The largest absolute Gasteiger partial charge is 0.398 e. The molecule has 0 unspecified atom stereocenters. The maximum atomic E-state index is 6.08. The third-order valence-electron chi connectivity index (χ3n) is 3.12. The van der Waals surface area contributed by atoms with Crippen molar-refractivity contribution in [1.29, 1.82) is 0 Å². The third-order valence-corrected chi connectivity index (χ3v) is 3.62. The molecule has 0 spiro atoms. The predicted molar refractivity (Wildman–Crippen MR) is 80.8 cm³/mol. The summed E-state index contributed by atoms with van der Waals surface area (Å²) in [5, 5.41) is 0. The van der Waals surface area contributed by atoms with Gasteiger partial charge in [0, 0.05) is 28.5 Å². The fraction of sp³-hybridized carbons (Fsp3) is 0.143. The van der Waals surface area contributed by atoms with Crippen molar-refractivity contribution in [3.63, 3.8) is 0 Å². The molecule has 4 nitrogen and oxygen atoms in total. The summed E-state index contributed by atoms with van der Waals surface area (Å²) in [6.07, 6.45) is 3.56. The number of pyridine rings is 1. The number of benzene rings is 1. The van der Waals surface area contributed by atoms with Gasteiger partial charge in [0.15, 0.2) is 0 Å². The maximum absolute atomic E-state index is 6.08. The van der Waals surface area contributed by atoms with Crippen LogP contribution in [-0.4, -0.2) is 14.5 Å². The zero-order valence-electron chi connectivity index (χ0n) is 10.5. The summed E-state index contributed by atoms with van der Waals surface area (Å²) in [5.41, 5.74) is 9.70. The minimum Gasteiger partial charge on any atom is -0.398 e. The number of aromatic nitrogens is 3. The smallest absolute Gasteiger partial charge is 0.143 e. The lowest BCUT2D eigenvalue weighted by molar-refractivity contribution is 0.796. The lowest BCUT2D eigenvalue weighted by Crippen LogP contribution is -2.00. The highest BCUT2D eigenvalue weighted by Gasteiger charge is 2.13. The maximum Gasteiger partial charge on any atom is 0.143 e. The van der Waals surface area contributed by atoms with Crippen LogP contribution < -0.4 is 5.73 Å². The van der Waals surface area contributed by atoms with E-state index in [-0.39, 0.29) is 0 Å². The number of nitrogens with zero attached hydrogens (tertiary/aromatic N) is 3. The van der Waals surface area contributed by atoms with Crippen LogP contribution in [-0.2, 0) is 6.54 Å². The highest BCUT2D eigenvalue weighted by atomic mass is 79.9. The summed E-state index contributed by atoms with van der Waals surface area (Å²) in [7, 11) is 0. The van der Waals surface area contributed by atoms with E-state index in [4.69, 9.17) is 5.73 Å². The van der Waals surface area contributed by atoms with Crippen molar-refractivity contribution in [1.82, 2.24) is 14.5 Å². The Bertz CT molecular complexity index is 748. The molecule has 1 aromatic carbocycles. The summed E-state index contributed by atoms with van der Waals surface area (Å²) in [6, 6.07) is 7.79. The van der Waals surface area contributed by atoms with E-state index in [1.165, 1.54) is 0 Å². The van der Waals surface area contributed by atoms with E-state index >= 15 is 0 Å². The molecule has 2 heterocycles. The highest BCUT2D eigenvalue weighted by Crippen LogP contribution is 2.30. The Morgan fingerprint density at radius 3 is 2.95 bits per heavy atom. The van der Waals surface area contributed by atoms with Gasteiger partial charge in [-0.25, -0.2) is 4.98 Å². The third kappa shape index (κ3) is 2.00. The second-order valence-electron chi connectivity index (χ2n) is 4.28. The fourth-order valence-electron chi connectivity index (χ4n) is 2.23. The number of hydrogen-bond donors (Lipinski definition) is 1. The van der Waals surface area contributed by atoms with Gasteiger partial charge in [-0.3, -0.25) is 4.98 Å². The molecular formula is C14H13BrN4. The Hall–Kier alpha value is -1.88. The van der Waals surface area contributed by atoms with Crippen LogP contribution in [0.3, 0.4) is 0 Å². The molecule has 3 rings (SSSR count). The number of anilines is 1. The summed E-state index contributed by atoms with van der Waals surface area (Å²) in [5.74, 6) is 0.879. The quantitative estimate of drug-likeness (QED) is 0.736. The molecule has 3 aromatic rings. The van der Waals surface area contributed by atoms with Gasteiger partial charge in [-0.15, -0.1) is 0 Å². The van der Waals surface area contributed by atoms with Crippen LogP contribution in [0.1, 0.15) is 6.92 Å². The number of aryl methyl sites for hydroxylation is 1. The van der Waals surface area contributed by atoms with Gasteiger partial charge in [0.1, 0.15) is 11.3 Å². The monoisotopic (exact) mass is 316 g/mol. The minimum absolute atomic E-state index is 0.723. The zero-order chi connectivity index (χ0) is 13.4. The summed E-state index contributed by atoms with van der Waals surface area (Å²) in [6.45, 7) is 2.93. The van der Waals surface area contributed by atoms with E-state index < -0.39 is 0 Å². The number of rotatable bonds is 2. The van der Waals surface area contributed by atoms with Crippen LogP contribution >= 0.6 is 15.9 Å². The molecule has 5 heteroatoms. The molecular weight excluding hydrogens is 304 g/mol. The lowest BCUT2D eigenvalue weighted by atomic mass is 10.1. The van der Waals surface area contributed by atoms with E-state index in [1.54, 1.807) is 12.4 Å². The molecule has 0 saturated carbocycles. The van der Waals surface area contributed by atoms with Gasteiger partial charge in [0.25, 0.3) is 0 Å². The first kappa shape index (κ1) is 12.2. The summed E-state index contributed by atoms with van der Waals surface area (Å²) < 4.78 is 3.14. The van der Waals surface area contributed by atoms with Crippen molar-refractivity contribution in [3.8, 4) is 11.4 Å². The molecule has 0 saturated heterocycles. The lowest BCUT2D eigenvalue weighted by Gasteiger charge is -2.08. The second kappa shape index (κ2) is 4.66. The number of nitrogens with two attached hydrogens (primary N) is 1. The average molecular weight is 317 g/mol. The Kier molecular flexibility index (Phi) is 2.98. The fourth-order valence-corrected chi connectivity index (χ4v) is 2.59.